The molecule has 0 saturated carbocycles. The fourth-order valence-corrected chi connectivity index (χ4v) is 4.53. The SMILES string of the molecule is CCOc1ccc(/C=C/C(=O)N(c2ccc(CC)cc2)S(=O)(=O)c2ccc(C)cc2)cc1. The Labute approximate surface area is 190 Å². The number of aryl methyl sites for hydroxylation is 2. The topological polar surface area (TPSA) is 63.7 Å². The highest BCUT2D eigenvalue weighted by molar-refractivity contribution is 7.93. The summed E-state index contributed by atoms with van der Waals surface area (Å²) in [5, 5.41) is 0. The predicted octanol–water partition coefficient (Wildman–Crippen LogP) is 5.39. The van der Waals surface area contributed by atoms with E-state index in [1.54, 1.807) is 42.5 Å². The van der Waals surface area contributed by atoms with Crippen LogP contribution in [0.1, 0.15) is 30.5 Å². The summed E-state index contributed by atoms with van der Waals surface area (Å²) in [5.41, 5.74) is 3.04. The van der Waals surface area contributed by atoms with Crippen molar-refractivity contribution in [2.45, 2.75) is 32.1 Å². The molecule has 0 saturated heterocycles. The van der Waals surface area contributed by atoms with Crippen LogP contribution in [-0.4, -0.2) is 20.9 Å². The van der Waals surface area contributed by atoms with Gasteiger partial charge in [-0.25, -0.2) is 8.42 Å². The first-order valence-corrected chi connectivity index (χ1v) is 11.9. The van der Waals surface area contributed by atoms with Crippen molar-refractivity contribution in [2.75, 3.05) is 10.9 Å². The number of amides is 1. The molecule has 3 aromatic carbocycles. The Bertz CT molecular complexity index is 1180. The fourth-order valence-electron chi connectivity index (χ4n) is 3.14. The minimum atomic E-state index is -4.10. The molecule has 0 atom stereocenters. The number of rotatable bonds is 8. The van der Waals surface area contributed by atoms with E-state index in [4.69, 9.17) is 4.74 Å². The average Bonchev–Trinajstić information content (AvgIpc) is 2.79. The van der Waals surface area contributed by atoms with E-state index in [9.17, 15) is 13.2 Å². The monoisotopic (exact) mass is 449 g/mol. The van der Waals surface area contributed by atoms with Crippen molar-refractivity contribution in [3.8, 4) is 5.75 Å². The lowest BCUT2D eigenvalue weighted by molar-refractivity contribution is -0.113. The van der Waals surface area contributed by atoms with Gasteiger partial charge in [-0.2, -0.15) is 4.31 Å². The van der Waals surface area contributed by atoms with Crippen LogP contribution in [0, 0.1) is 6.92 Å². The van der Waals surface area contributed by atoms with E-state index in [0.29, 0.717) is 12.3 Å². The molecule has 0 spiro atoms. The number of anilines is 1. The number of nitrogens with zero attached hydrogens (tertiary/aromatic N) is 1. The first kappa shape index (κ1) is 23.3. The van der Waals surface area contributed by atoms with Crippen LogP contribution in [0.5, 0.6) is 5.75 Å². The molecule has 3 rings (SSSR count). The van der Waals surface area contributed by atoms with Gasteiger partial charge in [0.25, 0.3) is 15.9 Å². The molecule has 5 nitrogen and oxygen atoms in total. The first-order chi connectivity index (χ1) is 15.3. The molecule has 0 aliphatic heterocycles. The maximum Gasteiger partial charge on any atom is 0.271 e. The average molecular weight is 450 g/mol. The summed E-state index contributed by atoms with van der Waals surface area (Å²) in [6, 6.07) is 20.7. The zero-order valence-corrected chi connectivity index (χ0v) is 19.3. The second kappa shape index (κ2) is 10.3. The van der Waals surface area contributed by atoms with Gasteiger partial charge in [0.2, 0.25) is 0 Å². The second-order valence-electron chi connectivity index (χ2n) is 7.28. The van der Waals surface area contributed by atoms with Gasteiger partial charge in [-0.3, -0.25) is 4.79 Å². The van der Waals surface area contributed by atoms with Crippen molar-refractivity contribution in [3.05, 3.63) is 95.6 Å². The largest absolute Gasteiger partial charge is 0.494 e. The molecule has 0 aliphatic rings. The number of carbonyl (C=O) groups excluding carboxylic acids is 1. The molecule has 0 N–H and O–H groups in total. The van der Waals surface area contributed by atoms with Crippen molar-refractivity contribution in [1.29, 1.82) is 0 Å². The number of carbonyl (C=O) groups is 1. The fraction of sp³-hybridized carbons (Fsp3) is 0.192. The van der Waals surface area contributed by atoms with E-state index in [0.717, 1.165) is 33.2 Å². The van der Waals surface area contributed by atoms with Crippen molar-refractivity contribution < 1.29 is 17.9 Å². The summed E-state index contributed by atoms with van der Waals surface area (Å²) in [4.78, 5) is 13.2. The highest BCUT2D eigenvalue weighted by Crippen LogP contribution is 2.25. The summed E-state index contributed by atoms with van der Waals surface area (Å²) in [7, 11) is -4.10. The van der Waals surface area contributed by atoms with Gasteiger partial charge in [-0.1, -0.05) is 48.9 Å². The maximum atomic E-state index is 13.4. The third-order valence-corrected chi connectivity index (χ3v) is 6.69. The number of hydrogen-bond acceptors (Lipinski definition) is 4. The minimum absolute atomic E-state index is 0.0606. The molecule has 1 amide bonds. The standard InChI is InChI=1S/C26H27NO4S/c1-4-21-8-13-23(14-9-21)27(32(29,30)25-17-6-20(3)7-18-25)26(28)19-12-22-10-15-24(16-11-22)31-5-2/h6-19H,4-5H2,1-3H3/b19-12+. The van der Waals surface area contributed by atoms with Gasteiger partial charge in [0.15, 0.2) is 0 Å². The molecule has 0 aromatic heterocycles. The Kier molecular flexibility index (Phi) is 7.49. The number of hydrogen-bond donors (Lipinski definition) is 0. The van der Waals surface area contributed by atoms with Crippen LogP contribution in [0.3, 0.4) is 0 Å². The predicted molar refractivity (Wildman–Crippen MR) is 128 cm³/mol. The Morgan fingerprint density at radius 3 is 2.09 bits per heavy atom. The van der Waals surface area contributed by atoms with E-state index in [-0.39, 0.29) is 4.90 Å². The van der Waals surface area contributed by atoms with Gasteiger partial charge in [0.1, 0.15) is 5.75 Å². The zero-order chi connectivity index (χ0) is 23.1. The smallest absolute Gasteiger partial charge is 0.271 e. The third-order valence-electron chi connectivity index (χ3n) is 4.95. The first-order valence-electron chi connectivity index (χ1n) is 10.5. The highest BCUT2D eigenvalue weighted by Gasteiger charge is 2.29. The van der Waals surface area contributed by atoms with Crippen LogP contribution in [-0.2, 0) is 21.2 Å². The lowest BCUT2D eigenvalue weighted by atomic mass is 10.1. The molecule has 0 radical (unpaired) electrons. The van der Waals surface area contributed by atoms with Crippen LogP contribution in [0.4, 0.5) is 5.69 Å². The maximum absolute atomic E-state index is 13.4. The molecule has 6 heteroatoms. The van der Waals surface area contributed by atoms with E-state index in [2.05, 4.69) is 0 Å². The molecule has 0 heterocycles. The second-order valence-corrected chi connectivity index (χ2v) is 9.06. The normalized spacial score (nSPS) is 11.5. The Balaban J connectivity index is 1.97. The number of ether oxygens (including phenoxy) is 1. The van der Waals surface area contributed by atoms with Gasteiger partial charge in [0, 0.05) is 6.08 Å². The molecule has 3 aromatic rings. The highest BCUT2D eigenvalue weighted by atomic mass is 32.2. The van der Waals surface area contributed by atoms with Crippen molar-refractivity contribution in [2.24, 2.45) is 0 Å². The van der Waals surface area contributed by atoms with Gasteiger partial charge < -0.3 is 4.74 Å². The Morgan fingerprint density at radius 2 is 1.53 bits per heavy atom. The lowest BCUT2D eigenvalue weighted by Crippen LogP contribution is -2.35. The molecule has 166 valence electrons. The van der Waals surface area contributed by atoms with Gasteiger partial charge >= 0.3 is 0 Å². The van der Waals surface area contributed by atoms with Gasteiger partial charge in [-0.15, -0.1) is 0 Å². The van der Waals surface area contributed by atoms with Crippen LogP contribution in [0.25, 0.3) is 6.08 Å². The third kappa shape index (κ3) is 5.45. The van der Waals surface area contributed by atoms with E-state index in [1.807, 2.05) is 45.0 Å². The Hall–Kier alpha value is -3.38. The number of benzene rings is 3. The van der Waals surface area contributed by atoms with Crippen molar-refractivity contribution in [3.63, 3.8) is 0 Å². The van der Waals surface area contributed by atoms with Crippen molar-refractivity contribution in [1.82, 2.24) is 0 Å². The van der Waals surface area contributed by atoms with Crippen LogP contribution >= 0.6 is 0 Å². The molecule has 0 fully saturated rings. The summed E-state index contributed by atoms with van der Waals surface area (Å²) in [6.45, 7) is 6.36. The van der Waals surface area contributed by atoms with Gasteiger partial charge in [0.05, 0.1) is 17.2 Å². The van der Waals surface area contributed by atoms with Crippen LogP contribution in [0.2, 0.25) is 0 Å². The molecule has 0 bridgehead atoms. The minimum Gasteiger partial charge on any atom is -0.494 e. The van der Waals surface area contributed by atoms with Gasteiger partial charge in [-0.05, 0) is 73.9 Å². The quantitative estimate of drug-likeness (QED) is 0.433. The zero-order valence-electron chi connectivity index (χ0n) is 18.5. The molecule has 0 aliphatic carbocycles. The molecular weight excluding hydrogens is 422 g/mol. The number of sulfonamides is 1. The molecule has 32 heavy (non-hydrogen) atoms. The summed E-state index contributed by atoms with van der Waals surface area (Å²) >= 11 is 0. The summed E-state index contributed by atoms with van der Waals surface area (Å²) < 4.78 is 33.1. The van der Waals surface area contributed by atoms with Crippen molar-refractivity contribution >= 4 is 27.7 Å². The summed E-state index contributed by atoms with van der Waals surface area (Å²) in [6.07, 6.45) is 3.68. The lowest BCUT2D eigenvalue weighted by Gasteiger charge is -2.22. The summed E-state index contributed by atoms with van der Waals surface area (Å²) in [5.74, 6) is 0.0827. The van der Waals surface area contributed by atoms with E-state index < -0.39 is 15.9 Å². The van der Waals surface area contributed by atoms with Crippen LogP contribution in [0.15, 0.2) is 83.8 Å². The van der Waals surface area contributed by atoms with E-state index >= 15 is 0 Å². The van der Waals surface area contributed by atoms with Crippen LogP contribution < -0.4 is 9.04 Å². The van der Waals surface area contributed by atoms with E-state index in [1.165, 1.54) is 18.2 Å². The molecule has 0 unspecified atom stereocenters. The Morgan fingerprint density at radius 1 is 0.906 bits per heavy atom. The molecular formula is C26H27NO4S.